The fraction of sp³-hybridized carbons (Fsp3) is 0.667. The second kappa shape index (κ2) is 13.8. The molecule has 36 heavy (non-hydrogen) atoms. The molecule has 0 spiro atoms. The van der Waals surface area contributed by atoms with Gasteiger partial charge in [0.1, 0.15) is 11.2 Å². The van der Waals surface area contributed by atoms with Crippen LogP contribution in [0.4, 0.5) is 0 Å². The van der Waals surface area contributed by atoms with Gasteiger partial charge in [-0.1, -0.05) is 34.6 Å². The smallest absolute Gasteiger partial charge is 0.375 e. The molecule has 0 aromatic heterocycles. The van der Waals surface area contributed by atoms with Crippen LogP contribution >= 0.6 is 0 Å². The van der Waals surface area contributed by atoms with Crippen molar-refractivity contribution in [1.29, 1.82) is 0 Å². The van der Waals surface area contributed by atoms with Gasteiger partial charge in [0, 0.05) is 0 Å². The van der Waals surface area contributed by atoms with Crippen LogP contribution in [0, 0.1) is 11.3 Å². The topological polar surface area (TPSA) is 186 Å². The summed E-state index contributed by atoms with van der Waals surface area (Å²) in [6, 6.07) is 0. The largest absolute Gasteiger partial charge is 0.478 e. The van der Waals surface area contributed by atoms with E-state index in [9.17, 15) is 19.2 Å². The summed E-state index contributed by atoms with van der Waals surface area (Å²) in [5, 5.41) is 36.2. The number of rotatable bonds is 10. The van der Waals surface area contributed by atoms with Crippen molar-refractivity contribution in [2.24, 2.45) is 11.3 Å². The van der Waals surface area contributed by atoms with Crippen molar-refractivity contribution < 1.29 is 59.2 Å². The minimum Gasteiger partial charge on any atom is -0.478 e. The van der Waals surface area contributed by atoms with E-state index in [-0.39, 0.29) is 11.1 Å². The van der Waals surface area contributed by atoms with E-state index in [0.717, 1.165) is 0 Å². The van der Waals surface area contributed by atoms with Crippen LogP contribution in [0.1, 0.15) is 82.6 Å². The van der Waals surface area contributed by atoms with Gasteiger partial charge in [0.05, 0.1) is 11.1 Å². The van der Waals surface area contributed by atoms with Crippen LogP contribution < -0.4 is 0 Å². The molecular formula is C24H40O12. The summed E-state index contributed by atoms with van der Waals surface area (Å²) >= 11 is 0. The lowest BCUT2D eigenvalue weighted by Crippen LogP contribution is -2.27. The molecule has 0 aliphatic heterocycles. The van der Waals surface area contributed by atoms with Gasteiger partial charge in [-0.25, -0.2) is 19.2 Å². The molecule has 0 radical (unpaired) electrons. The van der Waals surface area contributed by atoms with Gasteiger partial charge in [-0.3, -0.25) is 0 Å². The minimum absolute atomic E-state index is 0.297. The third-order valence-electron chi connectivity index (χ3n) is 3.91. The molecule has 0 aromatic rings. The Morgan fingerprint density at radius 2 is 1.00 bits per heavy atom. The first-order chi connectivity index (χ1) is 16.0. The number of aliphatic carboxylic acids is 4. The molecule has 0 bridgehead atoms. The molecule has 0 saturated carbocycles. The highest BCUT2D eigenvalue weighted by Gasteiger charge is 2.34. The Kier molecular flexibility index (Phi) is 13.5. The van der Waals surface area contributed by atoms with E-state index in [2.05, 4.69) is 0 Å². The summed E-state index contributed by atoms with van der Waals surface area (Å²) in [5.41, 5.74) is -3.02. The van der Waals surface area contributed by atoms with Crippen LogP contribution in [-0.2, 0) is 38.7 Å². The number of carboxylic acids is 4. The first-order valence-corrected chi connectivity index (χ1v) is 11.1. The Labute approximate surface area is 211 Å². The fourth-order valence-electron chi connectivity index (χ4n) is 2.21. The van der Waals surface area contributed by atoms with E-state index in [4.69, 9.17) is 40.0 Å². The maximum atomic E-state index is 11.2. The summed E-state index contributed by atoms with van der Waals surface area (Å²) in [6.45, 7) is 18.1. The highest BCUT2D eigenvalue weighted by Crippen LogP contribution is 2.30. The molecule has 0 amide bonds. The maximum Gasteiger partial charge on any atom is 0.375 e. The first-order valence-electron chi connectivity index (χ1n) is 11.1. The monoisotopic (exact) mass is 520 g/mol. The Balaban J connectivity index is 0. The third kappa shape index (κ3) is 13.7. The lowest BCUT2D eigenvalue weighted by atomic mass is 9.85. The molecule has 208 valence electrons. The Bertz CT molecular complexity index is 861. The van der Waals surface area contributed by atoms with Crippen LogP contribution in [0.25, 0.3) is 0 Å². The predicted molar refractivity (Wildman–Crippen MR) is 127 cm³/mol. The summed E-state index contributed by atoms with van der Waals surface area (Å²) in [7, 11) is 0. The summed E-state index contributed by atoms with van der Waals surface area (Å²) in [6.07, 6.45) is 0.483. The number of hydrogen-bond acceptors (Lipinski definition) is 8. The van der Waals surface area contributed by atoms with E-state index in [1.807, 2.05) is 0 Å². The second-order valence-corrected chi connectivity index (χ2v) is 10.8. The molecule has 12 nitrogen and oxygen atoms in total. The standard InChI is InChI=1S/2C12H20O6/c1-11(2,3)7(9(13)14)8(10(15)16)17-18-12(4,5)6;1-6-7(2)8(10(13)14)9(11(15)16)17-18-12(3,4)5/h1-6H3,(H,13,14)(H,15,16);7H,6H2,1-5H3,(H,13,14)(H,15,16)/b8-7+;9-8-. The summed E-state index contributed by atoms with van der Waals surface area (Å²) in [4.78, 5) is 63.6. The SMILES string of the molecule is CC(C)(C)OO/C(C(=O)O)=C(\C(=O)O)C(C)(C)C.CCC(C)/C(C(=O)O)=C(/OOC(C)(C)C)C(=O)O. The van der Waals surface area contributed by atoms with Gasteiger partial charge in [0.15, 0.2) is 0 Å². The molecule has 0 rings (SSSR count). The van der Waals surface area contributed by atoms with Gasteiger partial charge in [-0.2, -0.15) is 9.78 Å². The second-order valence-electron chi connectivity index (χ2n) is 10.8. The quantitative estimate of drug-likeness (QED) is 0.138. The van der Waals surface area contributed by atoms with Crippen LogP contribution in [0.3, 0.4) is 0 Å². The molecule has 1 atom stereocenters. The molecule has 0 aliphatic carbocycles. The Morgan fingerprint density at radius 1 is 0.639 bits per heavy atom. The van der Waals surface area contributed by atoms with Gasteiger partial charge in [-0.15, -0.1) is 0 Å². The van der Waals surface area contributed by atoms with Gasteiger partial charge < -0.3 is 30.2 Å². The van der Waals surface area contributed by atoms with Crippen molar-refractivity contribution in [2.45, 2.75) is 93.8 Å². The van der Waals surface area contributed by atoms with Crippen LogP contribution in [-0.4, -0.2) is 55.5 Å². The van der Waals surface area contributed by atoms with E-state index >= 15 is 0 Å². The number of hydrogen-bond donors (Lipinski definition) is 4. The van der Waals surface area contributed by atoms with Crippen molar-refractivity contribution in [3.8, 4) is 0 Å². The average molecular weight is 521 g/mol. The molecular weight excluding hydrogens is 480 g/mol. The number of carboxylic acid groups (broad SMARTS) is 4. The molecule has 0 fully saturated rings. The van der Waals surface area contributed by atoms with Crippen molar-refractivity contribution in [3.63, 3.8) is 0 Å². The number of carbonyl (C=O) groups is 4. The molecule has 0 saturated heterocycles. The highest BCUT2D eigenvalue weighted by atomic mass is 17.2. The fourth-order valence-corrected chi connectivity index (χ4v) is 2.21. The normalized spacial score (nSPS) is 14.3. The zero-order valence-electron chi connectivity index (χ0n) is 22.8. The first kappa shape index (κ1) is 35.0. The van der Waals surface area contributed by atoms with Crippen molar-refractivity contribution in [2.75, 3.05) is 0 Å². The molecule has 0 aromatic carbocycles. The predicted octanol–water partition coefficient (Wildman–Crippen LogP) is 4.41. The lowest BCUT2D eigenvalue weighted by molar-refractivity contribution is -0.321. The molecule has 0 aliphatic rings. The van der Waals surface area contributed by atoms with E-state index in [1.54, 1.807) is 76.2 Å². The Hall–Kier alpha value is -3.12. The minimum atomic E-state index is -1.48. The maximum absolute atomic E-state index is 11.2. The average Bonchev–Trinajstić information content (AvgIpc) is 2.64. The zero-order valence-corrected chi connectivity index (χ0v) is 22.8. The third-order valence-corrected chi connectivity index (χ3v) is 3.91. The molecule has 0 heterocycles. The van der Waals surface area contributed by atoms with E-state index < -0.39 is 57.9 Å². The zero-order chi connectivity index (χ0) is 29.2. The Morgan fingerprint density at radius 3 is 1.22 bits per heavy atom. The molecule has 4 N–H and O–H groups in total. The van der Waals surface area contributed by atoms with Gasteiger partial charge in [0.25, 0.3) is 11.5 Å². The molecule has 1 unspecified atom stereocenters. The van der Waals surface area contributed by atoms with Crippen LogP contribution in [0.2, 0.25) is 0 Å². The van der Waals surface area contributed by atoms with Crippen molar-refractivity contribution in [1.82, 2.24) is 0 Å². The summed E-state index contributed by atoms with van der Waals surface area (Å²) < 4.78 is 0. The highest BCUT2D eigenvalue weighted by molar-refractivity contribution is 5.98. The van der Waals surface area contributed by atoms with Gasteiger partial charge >= 0.3 is 23.9 Å². The lowest BCUT2D eigenvalue weighted by Gasteiger charge is -2.23. The molecule has 12 heteroatoms. The van der Waals surface area contributed by atoms with Crippen LogP contribution in [0.15, 0.2) is 22.7 Å². The van der Waals surface area contributed by atoms with Crippen LogP contribution in [0.5, 0.6) is 0 Å². The van der Waals surface area contributed by atoms with E-state index in [1.165, 1.54) is 0 Å². The van der Waals surface area contributed by atoms with Gasteiger partial charge in [-0.05, 0) is 59.3 Å². The van der Waals surface area contributed by atoms with E-state index in [0.29, 0.717) is 6.42 Å². The van der Waals surface area contributed by atoms with Gasteiger partial charge in [0.2, 0.25) is 0 Å². The summed E-state index contributed by atoms with van der Waals surface area (Å²) in [5.74, 6) is -7.44. The van der Waals surface area contributed by atoms with Crippen molar-refractivity contribution >= 4 is 23.9 Å². The van der Waals surface area contributed by atoms with Crippen molar-refractivity contribution in [3.05, 3.63) is 22.7 Å².